The molecule has 0 spiro atoms. The van der Waals surface area contributed by atoms with E-state index in [9.17, 15) is 10.1 Å². The summed E-state index contributed by atoms with van der Waals surface area (Å²) in [6.07, 6.45) is 1.05. The maximum Gasteiger partial charge on any atom is 0.270 e. The first-order valence-electron chi connectivity index (χ1n) is 6.54. The lowest BCUT2D eigenvalue weighted by molar-refractivity contribution is -0.384. The van der Waals surface area contributed by atoms with Crippen molar-refractivity contribution in [1.29, 1.82) is 0 Å². The second-order valence-corrected chi connectivity index (χ2v) is 4.57. The maximum atomic E-state index is 10.8. The summed E-state index contributed by atoms with van der Waals surface area (Å²) >= 11 is 0. The predicted octanol–water partition coefficient (Wildman–Crippen LogP) is 3.06. The predicted molar refractivity (Wildman–Crippen MR) is 75.3 cm³/mol. The number of rotatable bonds is 6. The molecule has 1 aromatic carbocycles. The molecular formula is C14H17N3O3. The van der Waals surface area contributed by atoms with Gasteiger partial charge < -0.3 is 9.84 Å². The normalized spacial score (nSPS) is 10.7. The van der Waals surface area contributed by atoms with E-state index in [4.69, 9.17) is 4.52 Å². The van der Waals surface area contributed by atoms with Gasteiger partial charge >= 0.3 is 0 Å². The van der Waals surface area contributed by atoms with E-state index in [1.165, 1.54) is 12.1 Å². The maximum absolute atomic E-state index is 10.8. The first-order chi connectivity index (χ1) is 9.63. The summed E-state index contributed by atoms with van der Waals surface area (Å²) in [5.41, 5.74) is 2.46. The molecule has 2 rings (SSSR count). The zero-order valence-corrected chi connectivity index (χ0v) is 11.5. The number of hydrogen-bond donors (Lipinski definition) is 1. The Morgan fingerprint density at radius 3 is 2.95 bits per heavy atom. The second kappa shape index (κ2) is 6.29. The van der Waals surface area contributed by atoms with E-state index in [0.29, 0.717) is 17.9 Å². The van der Waals surface area contributed by atoms with Crippen LogP contribution < -0.4 is 5.32 Å². The number of hydrogen-bond acceptors (Lipinski definition) is 5. The third-order valence-corrected chi connectivity index (χ3v) is 3.06. The van der Waals surface area contributed by atoms with E-state index in [1.807, 2.05) is 6.92 Å². The molecule has 106 valence electrons. The second-order valence-electron chi connectivity index (χ2n) is 4.57. The molecule has 0 aliphatic heterocycles. The van der Waals surface area contributed by atoms with Crippen molar-refractivity contribution >= 4 is 5.69 Å². The van der Waals surface area contributed by atoms with Crippen LogP contribution in [0.3, 0.4) is 0 Å². The molecule has 2 aromatic rings. The van der Waals surface area contributed by atoms with Crippen molar-refractivity contribution in [2.75, 3.05) is 6.54 Å². The topological polar surface area (TPSA) is 81.2 Å². The zero-order chi connectivity index (χ0) is 14.5. The van der Waals surface area contributed by atoms with Crippen LogP contribution in [0.2, 0.25) is 0 Å². The van der Waals surface area contributed by atoms with Gasteiger partial charge in [0.2, 0.25) is 0 Å². The highest BCUT2D eigenvalue weighted by molar-refractivity contribution is 5.64. The van der Waals surface area contributed by atoms with Gasteiger partial charge in [-0.3, -0.25) is 10.1 Å². The Balaban J connectivity index is 2.25. The monoisotopic (exact) mass is 275 g/mol. The highest BCUT2D eigenvalue weighted by atomic mass is 16.6. The quantitative estimate of drug-likeness (QED) is 0.498. The van der Waals surface area contributed by atoms with Gasteiger partial charge in [-0.1, -0.05) is 24.2 Å². The van der Waals surface area contributed by atoms with Crippen molar-refractivity contribution in [3.8, 4) is 11.3 Å². The Labute approximate surface area is 116 Å². The van der Waals surface area contributed by atoms with Crippen LogP contribution in [0.5, 0.6) is 0 Å². The molecule has 1 N–H and O–H groups in total. The molecular weight excluding hydrogens is 258 g/mol. The van der Waals surface area contributed by atoms with Gasteiger partial charge in [0.25, 0.3) is 5.69 Å². The molecule has 0 aliphatic rings. The fourth-order valence-electron chi connectivity index (χ4n) is 1.95. The van der Waals surface area contributed by atoms with Crippen LogP contribution in [-0.2, 0) is 6.54 Å². The molecule has 1 heterocycles. The van der Waals surface area contributed by atoms with E-state index in [0.717, 1.165) is 24.2 Å². The lowest BCUT2D eigenvalue weighted by Crippen LogP contribution is -2.14. The first kappa shape index (κ1) is 14.2. The molecule has 0 unspecified atom stereocenters. The number of nitro benzene ring substituents is 1. The SMILES string of the molecule is CCCNCc1noc(-c2cccc([N+](=O)[O-])c2)c1C. The van der Waals surface area contributed by atoms with Gasteiger partial charge in [0.05, 0.1) is 4.92 Å². The average Bonchev–Trinajstić information content (AvgIpc) is 2.81. The number of nitro groups is 1. The van der Waals surface area contributed by atoms with Crippen molar-refractivity contribution in [2.45, 2.75) is 26.8 Å². The molecule has 0 radical (unpaired) electrons. The summed E-state index contributed by atoms with van der Waals surface area (Å²) in [6.45, 7) is 5.56. The smallest absolute Gasteiger partial charge is 0.270 e. The van der Waals surface area contributed by atoms with Crippen molar-refractivity contribution in [1.82, 2.24) is 10.5 Å². The number of benzene rings is 1. The van der Waals surface area contributed by atoms with Crippen LogP contribution in [0.15, 0.2) is 28.8 Å². The van der Waals surface area contributed by atoms with Crippen LogP contribution in [0.1, 0.15) is 24.6 Å². The molecule has 6 heteroatoms. The number of non-ortho nitro benzene ring substituents is 1. The molecule has 0 fully saturated rings. The fourth-order valence-corrected chi connectivity index (χ4v) is 1.95. The van der Waals surface area contributed by atoms with Crippen molar-refractivity contribution < 1.29 is 9.45 Å². The molecule has 0 amide bonds. The minimum Gasteiger partial charge on any atom is -0.356 e. The summed E-state index contributed by atoms with van der Waals surface area (Å²) in [7, 11) is 0. The Morgan fingerprint density at radius 1 is 1.45 bits per heavy atom. The molecule has 0 atom stereocenters. The molecule has 0 saturated carbocycles. The Kier molecular flexibility index (Phi) is 4.47. The molecule has 0 aliphatic carbocycles. The number of nitrogens with zero attached hydrogens (tertiary/aromatic N) is 2. The van der Waals surface area contributed by atoms with Gasteiger partial charge in [0.15, 0.2) is 5.76 Å². The largest absolute Gasteiger partial charge is 0.356 e. The summed E-state index contributed by atoms with van der Waals surface area (Å²) < 4.78 is 5.33. The van der Waals surface area contributed by atoms with Gasteiger partial charge in [-0.25, -0.2) is 0 Å². The Hall–Kier alpha value is -2.21. The standard InChI is InChI=1S/C14H17N3O3/c1-3-7-15-9-13-10(2)14(20-16-13)11-5-4-6-12(8-11)17(18)19/h4-6,8,15H,3,7,9H2,1-2H3. The first-order valence-corrected chi connectivity index (χ1v) is 6.54. The molecule has 0 bridgehead atoms. The summed E-state index contributed by atoms with van der Waals surface area (Å²) in [4.78, 5) is 10.4. The third kappa shape index (κ3) is 3.03. The highest BCUT2D eigenvalue weighted by Crippen LogP contribution is 2.28. The van der Waals surface area contributed by atoms with Crippen molar-refractivity contribution in [2.24, 2.45) is 0 Å². The minimum absolute atomic E-state index is 0.0453. The molecule has 6 nitrogen and oxygen atoms in total. The van der Waals surface area contributed by atoms with Crippen LogP contribution >= 0.6 is 0 Å². The summed E-state index contributed by atoms with van der Waals surface area (Å²) in [6, 6.07) is 6.38. The lowest BCUT2D eigenvalue weighted by atomic mass is 10.1. The van der Waals surface area contributed by atoms with E-state index < -0.39 is 4.92 Å². The lowest BCUT2D eigenvalue weighted by Gasteiger charge is -2.00. The van der Waals surface area contributed by atoms with Crippen LogP contribution in [0.4, 0.5) is 5.69 Å². The Bertz CT molecular complexity index is 607. The van der Waals surface area contributed by atoms with E-state index >= 15 is 0 Å². The van der Waals surface area contributed by atoms with Crippen LogP contribution in [-0.4, -0.2) is 16.6 Å². The Morgan fingerprint density at radius 2 is 2.25 bits per heavy atom. The average molecular weight is 275 g/mol. The van der Waals surface area contributed by atoms with E-state index in [2.05, 4.69) is 17.4 Å². The van der Waals surface area contributed by atoms with E-state index in [-0.39, 0.29) is 5.69 Å². The van der Waals surface area contributed by atoms with Gasteiger partial charge in [-0.2, -0.15) is 0 Å². The van der Waals surface area contributed by atoms with Gasteiger partial charge in [0.1, 0.15) is 5.69 Å². The zero-order valence-electron chi connectivity index (χ0n) is 11.5. The van der Waals surface area contributed by atoms with Gasteiger partial charge in [-0.15, -0.1) is 0 Å². The number of nitrogens with one attached hydrogen (secondary N) is 1. The van der Waals surface area contributed by atoms with Crippen LogP contribution in [0.25, 0.3) is 11.3 Å². The van der Waals surface area contributed by atoms with Crippen molar-refractivity contribution in [3.05, 3.63) is 45.6 Å². The highest BCUT2D eigenvalue weighted by Gasteiger charge is 2.15. The molecule has 20 heavy (non-hydrogen) atoms. The fraction of sp³-hybridized carbons (Fsp3) is 0.357. The van der Waals surface area contributed by atoms with Gasteiger partial charge in [-0.05, 0) is 19.9 Å². The summed E-state index contributed by atoms with van der Waals surface area (Å²) in [5, 5.41) is 18.1. The van der Waals surface area contributed by atoms with Crippen LogP contribution in [0, 0.1) is 17.0 Å². The summed E-state index contributed by atoms with van der Waals surface area (Å²) in [5.74, 6) is 0.585. The minimum atomic E-state index is -0.418. The van der Waals surface area contributed by atoms with Gasteiger partial charge in [0, 0.05) is 29.8 Å². The number of aromatic nitrogens is 1. The van der Waals surface area contributed by atoms with E-state index in [1.54, 1.807) is 12.1 Å². The molecule has 1 aromatic heterocycles. The third-order valence-electron chi connectivity index (χ3n) is 3.06. The van der Waals surface area contributed by atoms with Crippen molar-refractivity contribution in [3.63, 3.8) is 0 Å². The molecule has 0 saturated heterocycles.